The van der Waals surface area contributed by atoms with Gasteiger partial charge in [-0.1, -0.05) is 13.8 Å². The van der Waals surface area contributed by atoms with Crippen LogP contribution < -0.4 is 10.2 Å². The molecule has 0 spiro atoms. The van der Waals surface area contributed by atoms with Gasteiger partial charge in [0.2, 0.25) is 5.91 Å². The normalized spacial score (nSPS) is 14.1. The van der Waals surface area contributed by atoms with Crippen LogP contribution in [0.25, 0.3) is 44.6 Å². The molecule has 5 aromatic heterocycles. The standard InChI is InChI=1S/C28H30N8O/c1-17(2)10-26(37)32-19-11-18(14-29-15-19)22-12-20-24(16-31-22)34-35-27(20)23-13-21-25(6-7-30-28(21)33-23)36-8-4-3-5-9-36/h6-7,11-17H,3-5,8-10H2,1-2H3,(H,30,33)(H,32,37)(H,34,35). The average Bonchev–Trinajstić information content (AvgIpc) is 3.52. The van der Waals surface area contributed by atoms with Crippen molar-refractivity contribution < 1.29 is 4.79 Å². The summed E-state index contributed by atoms with van der Waals surface area (Å²) in [5, 5.41) is 12.7. The average molecular weight is 495 g/mol. The Labute approximate surface area is 214 Å². The van der Waals surface area contributed by atoms with Crippen molar-refractivity contribution in [1.29, 1.82) is 0 Å². The minimum absolute atomic E-state index is 0.0224. The zero-order chi connectivity index (χ0) is 25.4. The van der Waals surface area contributed by atoms with Crippen molar-refractivity contribution >= 4 is 39.2 Å². The van der Waals surface area contributed by atoms with Gasteiger partial charge in [0.05, 0.1) is 35.0 Å². The number of carbonyl (C=O) groups is 1. The summed E-state index contributed by atoms with van der Waals surface area (Å²) in [4.78, 5) is 31.7. The summed E-state index contributed by atoms with van der Waals surface area (Å²) in [7, 11) is 0. The van der Waals surface area contributed by atoms with Crippen LogP contribution in [-0.2, 0) is 4.79 Å². The van der Waals surface area contributed by atoms with E-state index in [2.05, 4.69) is 52.5 Å². The molecule has 9 heteroatoms. The zero-order valence-corrected chi connectivity index (χ0v) is 21.1. The maximum absolute atomic E-state index is 12.2. The number of piperidine rings is 1. The molecule has 1 amide bonds. The first-order valence-corrected chi connectivity index (χ1v) is 12.9. The van der Waals surface area contributed by atoms with E-state index in [1.807, 2.05) is 32.2 Å². The Bertz CT molecular complexity index is 1580. The lowest BCUT2D eigenvalue weighted by Gasteiger charge is -2.29. The lowest BCUT2D eigenvalue weighted by Crippen LogP contribution is -2.29. The van der Waals surface area contributed by atoms with Crippen molar-refractivity contribution in [2.75, 3.05) is 23.3 Å². The van der Waals surface area contributed by atoms with Crippen molar-refractivity contribution in [2.45, 2.75) is 39.5 Å². The Morgan fingerprint density at radius 3 is 2.76 bits per heavy atom. The third-order valence-corrected chi connectivity index (χ3v) is 6.82. The van der Waals surface area contributed by atoms with Crippen molar-refractivity contribution in [2.24, 2.45) is 5.92 Å². The Hall–Kier alpha value is -4.27. The van der Waals surface area contributed by atoms with E-state index in [1.165, 1.54) is 24.9 Å². The van der Waals surface area contributed by atoms with E-state index >= 15 is 0 Å². The summed E-state index contributed by atoms with van der Waals surface area (Å²) >= 11 is 0. The molecule has 1 aliphatic rings. The lowest BCUT2D eigenvalue weighted by atomic mass is 10.1. The number of H-pyrrole nitrogens is 2. The highest BCUT2D eigenvalue weighted by Gasteiger charge is 2.18. The largest absolute Gasteiger partial charge is 0.371 e. The lowest BCUT2D eigenvalue weighted by molar-refractivity contribution is -0.116. The number of nitrogens with one attached hydrogen (secondary N) is 3. The number of aromatic amines is 2. The Kier molecular flexibility index (Phi) is 6.04. The molecule has 6 heterocycles. The summed E-state index contributed by atoms with van der Waals surface area (Å²) in [6, 6.07) is 8.16. The molecule has 0 aliphatic carbocycles. The Balaban J connectivity index is 1.35. The molecular formula is C28H30N8O. The van der Waals surface area contributed by atoms with E-state index in [1.54, 1.807) is 18.6 Å². The highest BCUT2D eigenvalue weighted by Crippen LogP contribution is 2.34. The molecule has 0 saturated carbocycles. The zero-order valence-electron chi connectivity index (χ0n) is 21.1. The number of anilines is 2. The quantitative estimate of drug-likeness (QED) is 0.286. The van der Waals surface area contributed by atoms with E-state index in [4.69, 9.17) is 0 Å². The first-order valence-electron chi connectivity index (χ1n) is 12.9. The third kappa shape index (κ3) is 4.64. The molecule has 0 atom stereocenters. The number of fused-ring (bicyclic) bond motifs is 2. The smallest absolute Gasteiger partial charge is 0.224 e. The molecule has 188 valence electrons. The van der Waals surface area contributed by atoms with Gasteiger partial charge in [-0.05, 0) is 49.4 Å². The summed E-state index contributed by atoms with van der Waals surface area (Å²) in [6.07, 6.45) is 11.3. The number of pyridine rings is 3. The summed E-state index contributed by atoms with van der Waals surface area (Å²) in [5.74, 6) is 0.265. The van der Waals surface area contributed by atoms with Crippen LogP contribution >= 0.6 is 0 Å². The van der Waals surface area contributed by atoms with Crippen LogP contribution in [0.4, 0.5) is 11.4 Å². The molecule has 6 rings (SSSR count). The number of carbonyl (C=O) groups excluding carboxylic acids is 1. The van der Waals surface area contributed by atoms with E-state index in [-0.39, 0.29) is 11.8 Å². The number of hydrogen-bond acceptors (Lipinski definition) is 6. The van der Waals surface area contributed by atoms with Gasteiger partial charge in [0.15, 0.2) is 0 Å². The highest BCUT2D eigenvalue weighted by molar-refractivity contribution is 5.99. The number of nitrogens with zero attached hydrogens (tertiary/aromatic N) is 5. The molecule has 0 aromatic carbocycles. The third-order valence-electron chi connectivity index (χ3n) is 6.82. The van der Waals surface area contributed by atoms with Gasteiger partial charge in [-0.25, -0.2) is 4.98 Å². The fraction of sp³-hybridized carbons (Fsp3) is 0.321. The molecule has 1 saturated heterocycles. The second-order valence-corrected chi connectivity index (χ2v) is 10.1. The molecule has 3 N–H and O–H groups in total. The maximum Gasteiger partial charge on any atom is 0.224 e. The number of aromatic nitrogens is 6. The van der Waals surface area contributed by atoms with Gasteiger partial charge in [-0.2, -0.15) is 5.10 Å². The topological polar surface area (TPSA) is 115 Å². The van der Waals surface area contributed by atoms with Crippen molar-refractivity contribution in [1.82, 2.24) is 30.1 Å². The highest BCUT2D eigenvalue weighted by atomic mass is 16.1. The minimum atomic E-state index is -0.0224. The van der Waals surface area contributed by atoms with Crippen LogP contribution in [0.3, 0.4) is 0 Å². The van der Waals surface area contributed by atoms with Crippen molar-refractivity contribution in [3.63, 3.8) is 0 Å². The molecule has 37 heavy (non-hydrogen) atoms. The van der Waals surface area contributed by atoms with Crippen LogP contribution in [0.2, 0.25) is 0 Å². The van der Waals surface area contributed by atoms with Gasteiger partial charge in [-0.15, -0.1) is 0 Å². The number of rotatable bonds is 6. The molecule has 1 aliphatic heterocycles. The second-order valence-electron chi connectivity index (χ2n) is 10.1. The van der Waals surface area contributed by atoms with E-state index in [0.29, 0.717) is 12.1 Å². The van der Waals surface area contributed by atoms with Gasteiger partial charge in [0.25, 0.3) is 0 Å². The predicted molar refractivity (Wildman–Crippen MR) is 146 cm³/mol. The van der Waals surface area contributed by atoms with Gasteiger partial charge < -0.3 is 15.2 Å². The fourth-order valence-electron chi connectivity index (χ4n) is 5.06. The van der Waals surface area contributed by atoms with Crippen LogP contribution in [0, 0.1) is 5.92 Å². The molecule has 9 nitrogen and oxygen atoms in total. The first kappa shape index (κ1) is 23.1. The van der Waals surface area contributed by atoms with E-state index in [0.717, 1.165) is 57.7 Å². The molecule has 0 bridgehead atoms. The molecule has 5 aromatic rings. The summed E-state index contributed by atoms with van der Waals surface area (Å²) in [5.41, 5.74) is 6.88. The number of amides is 1. The van der Waals surface area contributed by atoms with E-state index < -0.39 is 0 Å². The Morgan fingerprint density at radius 2 is 1.92 bits per heavy atom. The van der Waals surface area contributed by atoms with Gasteiger partial charge in [0, 0.05) is 53.9 Å². The summed E-state index contributed by atoms with van der Waals surface area (Å²) in [6.45, 7) is 6.19. The van der Waals surface area contributed by atoms with Gasteiger partial charge in [0.1, 0.15) is 11.3 Å². The SMILES string of the molecule is CC(C)CC(=O)Nc1cncc(-c2cc3c(-c4cc5c(N6CCCCC6)ccnc5[nH]4)n[nH]c3cn2)c1. The van der Waals surface area contributed by atoms with E-state index in [9.17, 15) is 4.79 Å². The first-order chi connectivity index (χ1) is 18.0. The molecule has 0 radical (unpaired) electrons. The monoisotopic (exact) mass is 494 g/mol. The second kappa shape index (κ2) is 9.65. The van der Waals surface area contributed by atoms with Crippen LogP contribution in [0.15, 0.2) is 49.1 Å². The van der Waals surface area contributed by atoms with Crippen LogP contribution in [-0.4, -0.2) is 49.1 Å². The van der Waals surface area contributed by atoms with Crippen molar-refractivity contribution in [3.05, 3.63) is 49.1 Å². The predicted octanol–water partition coefficient (Wildman–Crippen LogP) is 5.54. The van der Waals surface area contributed by atoms with Crippen molar-refractivity contribution in [3.8, 4) is 22.6 Å². The fourth-order valence-corrected chi connectivity index (χ4v) is 5.06. The van der Waals surface area contributed by atoms with Crippen LogP contribution in [0.1, 0.15) is 39.5 Å². The summed E-state index contributed by atoms with van der Waals surface area (Å²) < 4.78 is 0. The molecular weight excluding hydrogens is 464 g/mol. The molecule has 1 fully saturated rings. The number of hydrogen-bond donors (Lipinski definition) is 3. The van der Waals surface area contributed by atoms with Gasteiger partial charge >= 0.3 is 0 Å². The van der Waals surface area contributed by atoms with Crippen LogP contribution in [0.5, 0.6) is 0 Å². The Morgan fingerprint density at radius 1 is 1.05 bits per heavy atom. The minimum Gasteiger partial charge on any atom is -0.371 e. The van der Waals surface area contributed by atoms with Gasteiger partial charge in [-0.3, -0.25) is 19.9 Å². The molecule has 0 unspecified atom stereocenters. The maximum atomic E-state index is 12.2.